The largest absolute Gasteiger partial charge is 0.309 e. The van der Waals surface area contributed by atoms with Crippen molar-refractivity contribution in [1.82, 2.24) is 24.1 Å². The van der Waals surface area contributed by atoms with E-state index in [-0.39, 0.29) is 0 Å². The van der Waals surface area contributed by atoms with E-state index in [1.807, 2.05) is 121 Å². The van der Waals surface area contributed by atoms with E-state index < -0.39 is 0 Å². The first-order chi connectivity index (χ1) is 48.4. The zero-order valence-electron chi connectivity index (χ0n) is 52.8. The summed E-state index contributed by atoms with van der Waals surface area (Å²) >= 11 is 0. The van der Waals surface area contributed by atoms with E-state index in [9.17, 15) is 15.8 Å². The van der Waals surface area contributed by atoms with Crippen molar-refractivity contribution >= 4 is 43.6 Å². The van der Waals surface area contributed by atoms with Crippen LogP contribution in [0.3, 0.4) is 0 Å². The van der Waals surface area contributed by atoms with E-state index in [0.29, 0.717) is 45.3 Å². The highest BCUT2D eigenvalue weighted by Gasteiger charge is 2.23. The lowest BCUT2D eigenvalue weighted by atomic mass is 9.97. The van der Waals surface area contributed by atoms with Crippen molar-refractivity contribution in [3.8, 4) is 142 Å². The van der Waals surface area contributed by atoms with Crippen molar-refractivity contribution in [2.24, 2.45) is 0 Å². The number of hydrogen-bond acceptors (Lipinski definition) is 6. The van der Waals surface area contributed by atoms with Crippen molar-refractivity contribution in [2.45, 2.75) is 0 Å². The molecule has 8 nitrogen and oxygen atoms in total. The molecule has 0 amide bonds. The Hall–Kier alpha value is -13.8. The average Bonchev–Trinajstić information content (AvgIpc) is 1.60. The van der Waals surface area contributed by atoms with Gasteiger partial charge in [0.05, 0.1) is 57.0 Å². The van der Waals surface area contributed by atoms with Gasteiger partial charge in [-0.25, -0.2) is 15.0 Å². The van der Waals surface area contributed by atoms with Crippen LogP contribution in [0, 0.1) is 34.0 Å². The van der Waals surface area contributed by atoms with Crippen LogP contribution in [0.1, 0.15) is 16.7 Å². The molecule has 454 valence electrons. The minimum atomic E-state index is 0.404. The van der Waals surface area contributed by atoms with Gasteiger partial charge in [-0.2, -0.15) is 15.8 Å². The smallest absolute Gasteiger partial charge is 0.164 e. The van der Waals surface area contributed by atoms with Crippen LogP contribution >= 0.6 is 0 Å². The molecule has 0 unspecified atom stereocenters. The van der Waals surface area contributed by atoms with Gasteiger partial charge in [-0.05, 0) is 199 Å². The molecule has 0 aliphatic rings. The second-order valence-corrected chi connectivity index (χ2v) is 24.5. The second kappa shape index (κ2) is 24.6. The monoisotopic (exact) mass is 1250 g/mol. The number of benzene rings is 14. The molecule has 8 heteroatoms. The Morgan fingerprint density at radius 1 is 0.204 bits per heavy atom. The number of rotatable bonds is 12. The predicted molar refractivity (Wildman–Crippen MR) is 397 cm³/mol. The summed E-state index contributed by atoms with van der Waals surface area (Å²) in [5.74, 6) is 1.22. The Morgan fingerprint density at radius 2 is 0.490 bits per heavy atom. The minimum Gasteiger partial charge on any atom is -0.309 e. The third-order valence-corrected chi connectivity index (χ3v) is 18.6. The van der Waals surface area contributed by atoms with Crippen LogP contribution < -0.4 is 0 Å². The highest BCUT2D eigenvalue weighted by Crippen LogP contribution is 2.43. The maximum Gasteiger partial charge on any atom is 0.164 e. The molecule has 0 N–H and O–H groups in total. The Morgan fingerprint density at radius 3 is 0.847 bits per heavy atom. The molecule has 0 atom stereocenters. The highest BCUT2D eigenvalue weighted by molar-refractivity contribution is 6.13. The topological polar surface area (TPSA) is 120 Å². The summed E-state index contributed by atoms with van der Waals surface area (Å²) in [5, 5.41) is 35.4. The third-order valence-electron chi connectivity index (χ3n) is 18.6. The molecule has 0 spiro atoms. The van der Waals surface area contributed by atoms with Gasteiger partial charge in [-0.15, -0.1) is 0 Å². The number of hydrogen-bond donors (Lipinski definition) is 0. The zero-order chi connectivity index (χ0) is 65.6. The van der Waals surface area contributed by atoms with E-state index in [0.717, 1.165) is 138 Å². The van der Waals surface area contributed by atoms with Crippen LogP contribution in [0.4, 0.5) is 0 Å². The SMILES string of the molecule is N#Cc1cccc(-c2cc(-c3nc(-c4cc(-c5cccc(C#N)c5)cc(-n5c6ccc(-c7ccccc7)cc6c6cc(-c7ccccc7)ccc65)c4)nc(-c4ccccc4-c4cccc(C#N)c4)n3)cc(-n3c4ccc(-c5ccccc5)cc4c4cc(-c5ccccc5)ccc43)c2)c1. The lowest BCUT2D eigenvalue weighted by Crippen LogP contribution is -2.03. The first-order valence-electron chi connectivity index (χ1n) is 32.5. The Kier molecular flexibility index (Phi) is 14.5. The van der Waals surface area contributed by atoms with Crippen molar-refractivity contribution in [3.63, 3.8) is 0 Å². The van der Waals surface area contributed by atoms with Crippen molar-refractivity contribution < 1.29 is 0 Å². The van der Waals surface area contributed by atoms with Gasteiger partial charge in [-0.3, -0.25) is 0 Å². The van der Waals surface area contributed by atoms with Crippen LogP contribution in [0.5, 0.6) is 0 Å². The summed E-state index contributed by atoms with van der Waals surface area (Å²) in [5.41, 5.74) is 23.4. The summed E-state index contributed by atoms with van der Waals surface area (Å²) in [4.78, 5) is 16.8. The number of aromatic nitrogens is 5. The van der Waals surface area contributed by atoms with Crippen LogP contribution in [0.2, 0.25) is 0 Å². The van der Waals surface area contributed by atoms with Crippen molar-refractivity contribution in [2.75, 3.05) is 0 Å². The van der Waals surface area contributed by atoms with Gasteiger partial charge >= 0.3 is 0 Å². The van der Waals surface area contributed by atoms with Gasteiger partial charge in [0.25, 0.3) is 0 Å². The molecular formula is C90H54N8. The first kappa shape index (κ1) is 58.0. The maximum atomic E-state index is 10.4. The lowest BCUT2D eigenvalue weighted by Gasteiger charge is -2.17. The zero-order valence-corrected chi connectivity index (χ0v) is 52.8. The predicted octanol–water partition coefficient (Wildman–Crippen LogP) is 22.4. The molecule has 0 radical (unpaired) electrons. The molecule has 17 rings (SSSR count). The van der Waals surface area contributed by atoms with E-state index in [1.165, 1.54) is 0 Å². The minimum absolute atomic E-state index is 0.404. The first-order valence-corrected chi connectivity index (χ1v) is 32.5. The van der Waals surface area contributed by atoms with Crippen molar-refractivity contribution in [3.05, 3.63) is 344 Å². The summed E-state index contributed by atoms with van der Waals surface area (Å²) < 4.78 is 4.66. The molecule has 0 saturated carbocycles. The summed E-state index contributed by atoms with van der Waals surface area (Å²) in [6.45, 7) is 0. The molecule has 17 aromatic rings. The lowest BCUT2D eigenvalue weighted by molar-refractivity contribution is 1.07. The molecule has 98 heavy (non-hydrogen) atoms. The van der Waals surface area contributed by atoms with Crippen LogP contribution in [-0.2, 0) is 0 Å². The Bertz CT molecular complexity index is 5630. The van der Waals surface area contributed by atoms with Gasteiger partial charge in [0.2, 0.25) is 0 Å². The second-order valence-electron chi connectivity index (χ2n) is 24.5. The van der Waals surface area contributed by atoms with Crippen LogP contribution in [0.25, 0.3) is 167 Å². The Balaban J connectivity index is 0.939. The fourth-order valence-corrected chi connectivity index (χ4v) is 13.9. The average molecular weight is 1250 g/mol. The van der Waals surface area contributed by atoms with Crippen LogP contribution in [-0.4, -0.2) is 24.1 Å². The van der Waals surface area contributed by atoms with E-state index >= 15 is 0 Å². The number of fused-ring (bicyclic) bond motifs is 6. The fourth-order valence-electron chi connectivity index (χ4n) is 13.9. The quantitative estimate of drug-likeness (QED) is 0.120. The van der Waals surface area contributed by atoms with E-state index in [1.54, 1.807) is 0 Å². The van der Waals surface area contributed by atoms with Crippen molar-refractivity contribution in [1.29, 1.82) is 15.8 Å². The van der Waals surface area contributed by atoms with Gasteiger partial charge in [0, 0.05) is 49.6 Å². The van der Waals surface area contributed by atoms with Gasteiger partial charge in [0.15, 0.2) is 17.5 Å². The fraction of sp³-hybridized carbons (Fsp3) is 0. The van der Waals surface area contributed by atoms with Crippen LogP contribution in [0.15, 0.2) is 328 Å². The molecule has 0 bridgehead atoms. The van der Waals surface area contributed by atoms with Gasteiger partial charge in [0.1, 0.15) is 0 Å². The molecular weight excluding hydrogens is 1190 g/mol. The normalized spacial score (nSPS) is 11.2. The van der Waals surface area contributed by atoms with E-state index in [4.69, 9.17) is 15.0 Å². The molecule has 3 heterocycles. The van der Waals surface area contributed by atoms with Gasteiger partial charge in [-0.1, -0.05) is 206 Å². The molecule has 0 aliphatic heterocycles. The maximum absolute atomic E-state index is 10.4. The molecule has 14 aromatic carbocycles. The molecule has 0 aliphatic carbocycles. The molecule has 3 aromatic heterocycles. The third kappa shape index (κ3) is 10.7. The summed E-state index contributed by atoms with van der Waals surface area (Å²) in [6.07, 6.45) is 0. The summed E-state index contributed by atoms with van der Waals surface area (Å²) in [6, 6.07) is 120. The highest BCUT2D eigenvalue weighted by atomic mass is 15.0. The van der Waals surface area contributed by atoms with Gasteiger partial charge < -0.3 is 9.13 Å². The molecule has 0 fully saturated rings. The Labute approximate surface area is 566 Å². The number of nitriles is 3. The standard InChI is InChI=1S/C90H54N8/c91-55-58-18-15-29-65(42-58)72-45-74(49-76(47-72)97-84-38-34-67(61-21-5-1-6-22-61)51-80(84)81-52-68(35-39-85(81)97)62-23-7-2-8-24-62)88-94-89(96-90(95-88)79-33-14-13-32-78(79)71-31-17-20-60(44-71)57-93)75-46-73(66-30-16-19-59(43-66)56-92)48-77(50-75)98-86-40-36-69(63-25-9-3-10-26-63)53-82(86)83-54-70(37-41-87(83)98)64-27-11-4-12-28-64/h1-54H. The summed E-state index contributed by atoms with van der Waals surface area (Å²) in [7, 11) is 0. The number of nitrogens with zero attached hydrogens (tertiary/aromatic N) is 8. The molecule has 0 saturated heterocycles. The van der Waals surface area contributed by atoms with E-state index in [2.05, 4.69) is 234 Å².